The molecule has 3 heteroatoms. The van der Waals surface area contributed by atoms with E-state index in [4.69, 9.17) is 10.5 Å². The smallest absolute Gasteiger partial charge is 0.0697 e. The van der Waals surface area contributed by atoms with Gasteiger partial charge in [-0.2, -0.15) is 0 Å². The topological polar surface area (TPSA) is 38.5 Å². The quantitative estimate of drug-likeness (QED) is 0.863. The van der Waals surface area contributed by atoms with E-state index in [-0.39, 0.29) is 5.60 Å². The predicted octanol–water partition coefficient (Wildman–Crippen LogP) is 3.46. The molecule has 0 aromatic heterocycles. The second kappa shape index (κ2) is 6.97. The summed E-state index contributed by atoms with van der Waals surface area (Å²) in [6.07, 6.45) is 14.2. The number of nitrogens with two attached hydrogens (primary N) is 1. The van der Waals surface area contributed by atoms with E-state index in [2.05, 4.69) is 11.8 Å². The molecule has 3 rings (SSSR count). The predicted molar refractivity (Wildman–Crippen MR) is 87.4 cm³/mol. The third kappa shape index (κ3) is 3.62. The lowest BCUT2D eigenvalue weighted by Crippen LogP contribution is -2.52. The average Bonchev–Trinajstić information content (AvgIpc) is 2.94. The Bertz CT molecular complexity index is 319. The highest BCUT2D eigenvalue weighted by Gasteiger charge is 2.42. The Morgan fingerprint density at radius 2 is 1.76 bits per heavy atom. The molecule has 1 unspecified atom stereocenters. The highest BCUT2D eigenvalue weighted by molar-refractivity contribution is 4.96. The normalized spacial score (nSPS) is 36.4. The van der Waals surface area contributed by atoms with E-state index in [1.807, 2.05) is 0 Å². The van der Waals surface area contributed by atoms with Crippen LogP contribution in [0.4, 0.5) is 0 Å². The molecule has 122 valence electrons. The molecule has 0 aromatic rings. The molecule has 0 radical (unpaired) electrons. The van der Waals surface area contributed by atoms with Gasteiger partial charge in [-0.25, -0.2) is 0 Å². The minimum absolute atomic E-state index is 0.250. The Morgan fingerprint density at radius 3 is 2.43 bits per heavy atom. The zero-order chi connectivity index (χ0) is 14.7. The van der Waals surface area contributed by atoms with E-state index in [0.717, 1.165) is 18.7 Å². The molecule has 1 aliphatic heterocycles. The van der Waals surface area contributed by atoms with Gasteiger partial charge in [-0.05, 0) is 64.3 Å². The van der Waals surface area contributed by atoms with Crippen molar-refractivity contribution in [1.29, 1.82) is 0 Å². The monoisotopic (exact) mass is 294 g/mol. The van der Waals surface area contributed by atoms with Crippen molar-refractivity contribution in [1.82, 2.24) is 4.90 Å². The van der Waals surface area contributed by atoms with Gasteiger partial charge in [0.1, 0.15) is 0 Å². The molecule has 3 fully saturated rings. The molecule has 0 amide bonds. The van der Waals surface area contributed by atoms with Gasteiger partial charge in [-0.3, -0.25) is 4.90 Å². The lowest BCUT2D eigenvalue weighted by atomic mass is 9.84. The van der Waals surface area contributed by atoms with Crippen LogP contribution in [0, 0.1) is 0 Å². The minimum Gasteiger partial charge on any atom is -0.375 e. The molecule has 1 saturated heterocycles. The van der Waals surface area contributed by atoms with Crippen LogP contribution in [0.25, 0.3) is 0 Å². The molecular formula is C18H34N2O. The van der Waals surface area contributed by atoms with Crippen molar-refractivity contribution in [2.24, 2.45) is 5.73 Å². The number of hydrogen-bond acceptors (Lipinski definition) is 3. The van der Waals surface area contributed by atoms with Crippen LogP contribution < -0.4 is 5.73 Å². The fourth-order valence-electron chi connectivity index (χ4n) is 5.01. The summed E-state index contributed by atoms with van der Waals surface area (Å²) in [7, 11) is 0. The van der Waals surface area contributed by atoms with Gasteiger partial charge in [0, 0.05) is 24.7 Å². The summed E-state index contributed by atoms with van der Waals surface area (Å²) in [6.45, 7) is 4.57. The minimum atomic E-state index is 0.250. The first kappa shape index (κ1) is 15.8. The Balaban J connectivity index is 1.65. The van der Waals surface area contributed by atoms with Gasteiger partial charge in [0.25, 0.3) is 0 Å². The lowest BCUT2D eigenvalue weighted by Gasteiger charge is -2.47. The zero-order valence-corrected chi connectivity index (χ0v) is 13.9. The summed E-state index contributed by atoms with van der Waals surface area (Å²) in [4.78, 5) is 2.86. The molecule has 2 aliphatic carbocycles. The molecule has 3 aliphatic rings. The second-order valence-electron chi connectivity index (χ2n) is 7.69. The lowest BCUT2D eigenvalue weighted by molar-refractivity contribution is -0.108. The van der Waals surface area contributed by atoms with Gasteiger partial charge in [0.15, 0.2) is 0 Å². The van der Waals surface area contributed by atoms with Crippen molar-refractivity contribution in [3.05, 3.63) is 0 Å². The molecule has 1 atom stereocenters. The van der Waals surface area contributed by atoms with Gasteiger partial charge >= 0.3 is 0 Å². The van der Waals surface area contributed by atoms with Gasteiger partial charge in [0.05, 0.1) is 5.60 Å². The van der Waals surface area contributed by atoms with E-state index in [9.17, 15) is 0 Å². The number of nitrogens with zero attached hydrogens (tertiary/aromatic N) is 1. The summed E-state index contributed by atoms with van der Waals surface area (Å²) >= 11 is 0. The van der Waals surface area contributed by atoms with Crippen molar-refractivity contribution in [3.8, 4) is 0 Å². The molecule has 2 saturated carbocycles. The van der Waals surface area contributed by atoms with E-state index >= 15 is 0 Å². The van der Waals surface area contributed by atoms with Crippen LogP contribution >= 0.6 is 0 Å². The zero-order valence-electron chi connectivity index (χ0n) is 13.9. The third-order valence-electron chi connectivity index (χ3n) is 6.14. The van der Waals surface area contributed by atoms with Crippen LogP contribution in [0.2, 0.25) is 0 Å². The first-order valence-electron chi connectivity index (χ1n) is 9.38. The van der Waals surface area contributed by atoms with Gasteiger partial charge in [-0.15, -0.1) is 0 Å². The Labute approximate surface area is 130 Å². The molecule has 1 heterocycles. The summed E-state index contributed by atoms with van der Waals surface area (Å²) in [6, 6.07) is 2.00. The maximum atomic E-state index is 6.24. The van der Waals surface area contributed by atoms with Crippen molar-refractivity contribution >= 4 is 0 Å². The maximum absolute atomic E-state index is 6.24. The fourth-order valence-corrected chi connectivity index (χ4v) is 5.01. The van der Waals surface area contributed by atoms with Crippen LogP contribution in [0.3, 0.4) is 0 Å². The highest BCUT2D eigenvalue weighted by Crippen LogP contribution is 2.42. The van der Waals surface area contributed by atoms with Gasteiger partial charge in [0.2, 0.25) is 0 Å². The van der Waals surface area contributed by atoms with Gasteiger partial charge < -0.3 is 10.5 Å². The van der Waals surface area contributed by atoms with Crippen LogP contribution in [0.15, 0.2) is 0 Å². The number of hydrogen-bond donors (Lipinski definition) is 1. The first-order chi connectivity index (χ1) is 10.2. The molecule has 3 nitrogen and oxygen atoms in total. The summed E-state index contributed by atoms with van der Waals surface area (Å²) in [5.41, 5.74) is 6.36. The van der Waals surface area contributed by atoms with Crippen LogP contribution in [0.1, 0.15) is 77.6 Å². The van der Waals surface area contributed by atoms with E-state index < -0.39 is 0 Å². The van der Waals surface area contributed by atoms with Crippen LogP contribution in [-0.4, -0.2) is 41.8 Å². The van der Waals surface area contributed by atoms with Crippen molar-refractivity contribution < 1.29 is 4.74 Å². The van der Waals surface area contributed by atoms with Crippen LogP contribution in [0.5, 0.6) is 0 Å². The summed E-state index contributed by atoms with van der Waals surface area (Å²) in [5.74, 6) is 0. The van der Waals surface area contributed by atoms with E-state index in [1.54, 1.807) is 0 Å². The molecule has 1 spiro atoms. The Morgan fingerprint density at radius 1 is 1.05 bits per heavy atom. The number of ether oxygens (including phenoxy) is 1. The molecule has 21 heavy (non-hydrogen) atoms. The fraction of sp³-hybridized carbons (Fsp3) is 1.00. The molecule has 2 N–H and O–H groups in total. The summed E-state index contributed by atoms with van der Waals surface area (Å²) < 4.78 is 6.24. The van der Waals surface area contributed by atoms with Crippen LogP contribution in [-0.2, 0) is 4.74 Å². The number of rotatable bonds is 4. The van der Waals surface area contributed by atoms with Gasteiger partial charge in [-0.1, -0.05) is 19.8 Å². The molecular weight excluding hydrogens is 260 g/mol. The second-order valence-corrected chi connectivity index (χ2v) is 7.69. The largest absolute Gasteiger partial charge is 0.375 e. The summed E-state index contributed by atoms with van der Waals surface area (Å²) in [5, 5.41) is 0. The SMILES string of the molecule is CCCN(C1CCC(N)CC1)C1CCOC2(CCCC2)C1. The van der Waals surface area contributed by atoms with Crippen molar-refractivity contribution in [2.75, 3.05) is 13.2 Å². The average molecular weight is 294 g/mol. The maximum Gasteiger partial charge on any atom is 0.0697 e. The van der Waals surface area contributed by atoms with Crippen molar-refractivity contribution in [3.63, 3.8) is 0 Å². The highest BCUT2D eigenvalue weighted by atomic mass is 16.5. The Hall–Kier alpha value is -0.120. The molecule has 0 aromatic carbocycles. The van der Waals surface area contributed by atoms with E-state index in [1.165, 1.54) is 77.2 Å². The third-order valence-corrected chi connectivity index (χ3v) is 6.14. The Kier molecular flexibility index (Phi) is 5.23. The standard InChI is InChI=1S/C18H34N2O/c1-2-12-20(16-7-5-15(19)6-8-16)17-9-13-21-18(14-17)10-3-4-11-18/h15-17H,2-14,19H2,1H3. The van der Waals surface area contributed by atoms with Crippen molar-refractivity contribution in [2.45, 2.75) is 101 Å². The molecule has 0 bridgehead atoms. The van der Waals surface area contributed by atoms with E-state index in [0.29, 0.717) is 6.04 Å². The first-order valence-corrected chi connectivity index (χ1v) is 9.38.